The van der Waals surface area contributed by atoms with Crippen molar-refractivity contribution in [1.82, 2.24) is 0 Å². The Hall–Kier alpha value is -1.09. The molecule has 3 heteroatoms. The molecule has 0 bridgehead atoms. The molecule has 0 radical (unpaired) electrons. The van der Waals surface area contributed by atoms with Crippen LogP contribution in [0.1, 0.15) is 31.4 Å². The maximum absolute atomic E-state index is 11.8. The van der Waals surface area contributed by atoms with Crippen LogP contribution in [0.5, 0.6) is 5.75 Å². The number of nitrogens with two attached hydrogens (primary N) is 1. The molecule has 0 unspecified atom stereocenters. The molecular formula is C12H18FNO. The Labute approximate surface area is 90.2 Å². The number of ether oxygens (including phenoxy) is 1. The first-order valence-electron chi connectivity index (χ1n) is 5.32. The van der Waals surface area contributed by atoms with Gasteiger partial charge in [-0.3, -0.25) is 4.39 Å². The summed E-state index contributed by atoms with van der Waals surface area (Å²) in [5.41, 5.74) is 6.98. The molecule has 0 heterocycles. The SMILES string of the molecule is CC[C@H](N)c1ccc(OCCCF)cc1. The van der Waals surface area contributed by atoms with Crippen molar-refractivity contribution < 1.29 is 9.13 Å². The molecular weight excluding hydrogens is 193 g/mol. The van der Waals surface area contributed by atoms with Gasteiger partial charge in [-0.05, 0) is 24.1 Å². The highest BCUT2D eigenvalue weighted by Crippen LogP contribution is 2.18. The standard InChI is InChI=1S/C12H18FNO/c1-2-12(14)10-4-6-11(7-5-10)15-9-3-8-13/h4-7,12H,2-3,8-9,14H2,1H3/t12-/m0/s1. The summed E-state index contributed by atoms with van der Waals surface area (Å²) < 4.78 is 17.1. The molecule has 1 atom stereocenters. The van der Waals surface area contributed by atoms with Gasteiger partial charge in [-0.15, -0.1) is 0 Å². The lowest BCUT2D eigenvalue weighted by Gasteiger charge is -2.10. The van der Waals surface area contributed by atoms with E-state index in [0.717, 1.165) is 17.7 Å². The van der Waals surface area contributed by atoms with Crippen molar-refractivity contribution in [3.05, 3.63) is 29.8 Å². The Morgan fingerprint density at radius 1 is 1.33 bits per heavy atom. The van der Waals surface area contributed by atoms with E-state index in [0.29, 0.717) is 13.0 Å². The van der Waals surface area contributed by atoms with Crippen molar-refractivity contribution in [2.75, 3.05) is 13.3 Å². The van der Waals surface area contributed by atoms with Gasteiger partial charge >= 0.3 is 0 Å². The largest absolute Gasteiger partial charge is 0.494 e. The fourth-order valence-electron chi connectivity index (χ4n) is 1.29. The Bertz CT molecular complexity index is 273. The third-order valence-corrected chi connectivity index (χ3v) is 2.29. The zero-order valence-corrected chi connectivity index (χ0v) is 9.08. The Morgan fingerprint density at radius 2 is 2.00 bits per heavy atom. The highest BCUT2D eigenvalue weighted by molar-refractivity contribution is 5.28. The summed E-state index contributed by atoms with van der Waals surface area (Å²) in [6.45, 7) is 2.14. The van der Waals surface area contributed by atoms with Crippen LogP contribution >= 0.6 is 0 Å². The van der Waals surface area contributed by atoms with Gasteiger partial charge in [0.25, 0.3) is 0 Å². The number of alkyl halides is 1. The van der Waals surface area contributed by atoms with Gasteiger partial charge in [0.1, 0.15) is 5.75 Å². The van der Waals surface area contributed by atoms with Crippen molar-refractivity contribution in [2.45, 2.75) is 25.8 Å². The minimum Gasteiger partial charge on any atom is -0.494 e. The van der Waals surface area contributed by atoms with Crippen LogP contribution in [0.4, 0.5) is 4.39 Å². The molecule has 0 fully saturated rings. The van der Waals surface area contributed by atoms with Crippen molar-refractivity contribution in [3.8, 4) is 5.75 Å². The fraction of sp³-hybridized carbons (Fsp3) is 0.500. The molecule has 0 aliphatic heterocycles. The van der Waals surface area contributed by atoms with Gasteiger partial charge in [0, 0.05) is 12.5 Å². The van der Waals surface area contributed by atoms with Gasteiger partial charge in [0.15, 0.2) is 0 Å². The van der Waals surface area contributed by atoms with Gasteiger partial charge in [0.05, 0.1) is 13.3 Å². The number of rotatable bonds is 6. The van der Waals surface area contributed by atoms with Crippen LogP contribution in [0.25, 0.3) is 0 Å². The Morgan fingerprint density at radius 3 is 2.53 bits per heavy atom. The summed E-state index contributed by atoms with van der Waals surface area (Å²) in [7, 11) is 0. The topological polar surface area (TPSA) is 35.2 Å². The van der Waals surface area contributed by atoms with Crippen molar-refractivity contribution in [2.24, 2.45) is 5.73 Å². The van der Waals surface area contributed by atoms with Crippen molar-refractivity contribution in [1.29, 1.82) is 0 Å². The summed E-state index contributed by atoms with van der Waals surface area (Å²) in [6.07, 6.45) is 1.36. The average Bonchev–Trinajstić information content (AvgIpc) is 2.29. The second-order valence-corrected chi connectivity index (χ2v) is 3.47. The third-order valence-electron chi connectivity index (χ3n) is 2.29. The zero-order chi connectivity index (χ0) is 11.1. The zero-order valence-electron chi connectivity index (χ0n) is 9.08. The van der Waals surface area contributed by atoms with Gasteiger partial charge in [-0.25, -0.2) is 0 Å². The monoisotopic (exact) mass is 211 g/mol. The van der Waals surface area contributed by atoms with Crippen molar-refractivity contribution in [3.63, 3.8) is 0 Å². The van der Waals surface area contributed by atoms with E-state index < -0.39 is 0 Å². The van der Waals surface area contributed by atoms with E-state index in [4.69, 9.17) is 10.5 Å². The van der Waals surface area contributed by atoms with E-state index in [-0.39, 0.29) is 12.7 Å². The molecule has 2 N–H and O–H groups in total. The molecule has 0 saturated carbocycles. The molecule has 2 nitrogen and oxygen atoms in total. The minimum atomic E-state index is -0.335. The summed E-state index contributed by atoms with van der Waals surface area (Å²) in [5, 5.41) is 0. The average molecular weight is 211 g/mol. The molecule has 1 aromatic rings. The normalized spacial score (nSPS) is 12.5. The van der Waals surface area contributed by atoms with Crippen LogP contribution in [0.3, 0.4) is 0 Å². The molecule has 0 saturated heterocycles. The number of hydrogen-bond donors (Lipinski definition) is 1. The second kappa shape index (κ2) is 6.40. The van der Waals surface area contributed by atoms with E-state index in [1.54, 1.807) is 0 Å². The predicted molar refractivity (Wildman–Crippen MR) is 59.7 cm³/mol. The lowest BCUT2D eigenvalue weighted by atomic mass is 10.1. The van der Waals surface area contributed by atoms with Gasteiger partial charge < -0.3 is 10.5 Å². The summed E-state index contributed by atoms with van der Waals surface area (Å²) in [4.78, 5) is 0. The highest BCUT2D eigenvalue weighted by atomic mass is 19.1. The van der Waals surface area contributed by atoms with Gasteiger partial charge in [-0.1, -0.05) is 19.1 Å². The highest BCUT2D eigenvalue weighted by Gasteiger charge is 2.02. The molecule has 0 aromatic heterocycles. The molecule has 1 rings (SSSR count). The van der Waals surface area contributed by atoms with Crippen molar-refractivity contribution >= 4 is 0 Å². The fourth-order valence-corrected chi connectivity index (χ4v) is 1.29. The van der Waals surface area contributed by atoms with Crippen LogP contribution < -0.4 is 10.5 Å². The molecule has 84 valence electrons. The summed E-state index contributed by atoms with van der Waals surface area (Å²) in [6, 6.07) is 7.76. The number of benzene rings is 1. The first-order valence-corrected chi connectivity index (χ1v) is 5.32. The molecule has 15 heavy (non-hydrogen) atoms. The maximum atomic E-state index is 11.8. The Balaban J connectivity index is 2.49. The van der Waals surface area contributed by atoms with Gasteiger partial charge in [-0.2, -0.15) is 0 Å². The molecule has 0 amide bonds. The van der Waals surface area contributed by atoms with Crippen LogP contribution in [0.15, 0.2) is 24.3 Å². The third kappa shape index (κ3) is 3.88. The van der Waals surface area contributed by atoms with E-state index in [9.17, 15) is 4.39 Å². The van der Waals surface area contributed by atoms with Crippen LogP contribution in [-0.2, 0) is 0 Å². The maximum Gasteiger partial charge on any atom is 0.119 e. The molecule has 1 aromatic carbocycles. The quantitative estimate of drug-likeness (QED) is 0.734. The number of hydrogen-bond acceptors (Lipinski definition) is 2. The predicted octanol–water partition coefficient (Wildman–Crippen LogP) is 2.83. The van der Waals surface area contributed by atoms with E-state index >= 15 is 0 Å². The smallest absolute Gasteiger partial charge is 0.119 e. The second-order valence-electron chi connectivity index (χ2n) is 3.47. The first kappa shape index (κ1) is 12.0. The lowest BCUT2D eigenvalue weighted by Crippen LogP contribution is -2.08. The number of halogens is 1. The Kier molecular flexibility index (Phi) is 5.12. The van der Waals surface area contributed by atoms with E-state index in [1.807, 2.05) is 24.3 Å². The summed E-state index contributed by atoms with van der Waals surface area (Å²) in [5.74, 6) is 0.774. The van der Waals surface area contributed by atoms with Crippen LogP contribution in [0, 0.1) is 0 Å². The van der Waals surface area contributed by atoms with Gasteiger partial charge in [0.2, 0.25) is 0 Å². The minimum absolute atomic E-state index is 0.0879. The molecule has 0 aliphatic rings. The van der Waals surface area contributed by atoms with Crippen LogP contribution in [-0.4, -0.2) is 13.3 Å². The van der Waals surface area contributed by atoms with E-state index in [2.05, 4.69) is 6.92 Å². The lowest BCUT2D eigenvalue weighted by molar-refractivity contribution is 0.289. The molecule has 0 aliphatic carbocycles. The molecule has 0 spiro atoms. The first-order chi connectivity index (χ1) is 7.27. The van der Waals surface area contributed by atoms with E-state index in [1.165, 1.54) is 0 Å². The summed E-state index contributed by atoms with van der Waals surface area (Å²) >= 11 is 0. The van der Waals surface area contributed by atoms with Crippen LogP contribution in [0.2, 0.25) is 0 Å².